The number of dihydropyridines is 1. The van der Waals surface area contributed by atoms with Crippen molar-refractivity contribution in [2.24, 2.45) is 5.41 Å². The number of rotatable bonds is 4. The van der Waals surface area contributed by atoms with Gasteiger partial charge < -0.3 is 10.1 Å². The van der Waals surface area contributed by atoms with Gasteiger partial charge in [-0.25, -0.2) is 0 Å². The van der Waals surface area contributed by atoms with Gasteiger partial charge in [0.1, 0.15) is 12.4 Å². The van der Waals surface area contributed by atoms with Gasteiger partial charge in [0.25, 0.3) is 0 Å². The minimum atomic E-state index is -0.328. The van der Waals surface area contributed by atoms with Crippen molar-refractivity contribution in [2.45, 2.75) is 46.1 Å². The summed E-state index contributed by atoms with van der Waals surface area (Å²) >= 11 is 3.44. The van der Waals surface area contributed by atoms with E-state index in [1.165, 1.54) is 0 Å². The quantitative estimate of drug-likeness (QED) is 0.573. The zero-order chi connectivity index (χ0) is 22.2. The second-order valence-corrected chi connectivity index (χ2v) is 9.94. The molecule has 0 fully saturated rings. The SMILES string of the molecule is CC1=C(C#N)[C@H](c2ccc(OCc3ccc(Br)cc3)cc2)C2=C(CC(C)(C)CC2=O)N1. The molecule has 5 heteroatoms. The van der Waals surface area contributed by atoms with Gasteiger partial charge in [0.2, 0.25) is 0 Å². The van der Waals surface area contributed by atoms with E-state index < -0.39 is 0 Å². The standard InChI is InChI=1S/C26H25BrN2O2/c1-16-21(14-28)24(25-22(29-16)12-26(2,3)13-23(25)30)18-6-10-20(11-7-18)31-15-17-4-8-19(27)9-5-17/h4-11,24,29H,12-13,15H2,1-3H3/t24-/m0/s1. The lowest BCUT2D eigenvalue weighted by Gasteiger charge is -2.38. The van der Waals surface area contributed by atoms with Crippen LogP contribution < -0.4 is 10.1 Å². The maximum atomic E-state index is 13.1. The molecule has 0 bridgehead atoms. The number of nitrogens with one attached hydrogen (secondary N) is 1. The summed E-state index contributed by atoms with van der Waals surface area (Å²) in [7, 11) is 0. The third-order valence-corrected chi connectivity index (χ3v) is 6.42. The summed E-state index contributed by atoms with van der Waals surface area (Å²) in [6.07, 6.45) is 1.30. The number of hydrogen-bond donors (Lipinski definition) is 1. The van der Waals surface area contributed by atoms with E-state index in [4.69, 9.17) is 4.74 Å². The molecule has 1 aliphatic heterocycles. The fourth-order valence-electron chi connectivity index (χ4n) is 4.42. The minimum Gasteiger partial charge on any atom is -0.489 e. The molecule has 1 N–H and O–H groups in total. The first-order valence-electron chi connectivity index (χ1n) is 10.4. The summed E-state index contributed by atoms with van der Waals surface area (Å²) in [6, 6.07) is 18.1. The average molecular weight is 477 g/mol. The van der Waals surface area contributed by atoms with Crippen LogP contribution in [0.5, 0.6) is 5.75 Å². The number of nitriles is 1. The topological polar surface area (TPSA) is 62.1 Å². The summed E-state index contributed by atoms with van der Waals surface area (Å²) in [4.78, 5) is 13.1. The number of halogens is 1. The number of carbonyl (C=O) groups excluding carboxylic acids is 1. The molecule has 0 saturated heterocycles. The van der Waals surface area contributed by atoms with Crippen LogP contribution >= 0.6 is 15.9 Å². The number of nitrogens with zero attached hydrogens (tertiary/aromatic N) is 1. The van der Waals surface area contributed by atoms with E-state index in [-0.39, 0.29) is 17.1 Å². The first kappa shape index (κ1) is 21.4. The molecule has 4 nitrogen and oxygen atoms in total. The number of Topliss-reactive ketones (excluding diaryl/α,β-unsaturated/α-hetero) is 1. The Morgan fingerprint density at radius 2 is 1.81 bits per heavy atom. The fraction of sp³-hybridized carbons (Fsp3) is 0.308. The van der Waals surface area contributed by atoms with Crippen LogP contribution in [0.1, 0.15) is 50.7 Å². The van der Waals surface area contributed by atoms with Gasteiger partial charge in [-0.3, -0.25) is 4.79 Å². The van der Waals surface area contributed by atoms with Crippen LogP contribution in [0.15, 0.2) is 75.5 Å². The van der Waals surface area contributed by atoms with Gasteiger partial charge in [-0.1, -0.05) is 54.0 Å². The van der Waals surface area contributed by atoms with E-state index in [0.717, 1.165) is 44.7 Å². The zero-order valence-corrected chi connectivity index (χ0v) is 19.5. The third-order valence-electron chi connectivity index (χ3n) is 5.89. The highest BCUT2D eigenvalue weighted by Gasteiger charge is 2.41. The van der Waals surface area contributed by atoms with E-state index in [1.54, 1.807) is 0 Å². The Labute approximate surface area is 191 Å². The van der Waals surface area contributed by atoms with Crippen molar-refractivity contribution >= 4 is 21.7 Å². The van der Waals surface area contributed by atoms with Gasteiger partial charge >= 0.3 is 0 Å². The number of benzene rings is 2. The smallest absolute Gasteiger partial charge is 0.162 e. The average Bonchev–Trinajstić information content (AvgIpc) is 2.72. The molecular weight excluding hydrogens is 452 g/mol. The Morgan fingerprint density at radius 1 is 1.13 bits per heavy atom. The van der Waals surface area contributed by atoms with Crippen LogP contribution in [0.4, 0.5) is 0 Å². The van der Waals surface area contributed by atoms with Crippen molar-refractivity contribution in [1.29, 1.82) is 5.26 Å². The van der Waals surface area contributed by atoms with Crippen LogP contribution in [0.3, 0.4) is 0 Å². The molecule has 0 saturated carbocycles. The Kier molecular flexibility index (Phi) is 5.77. The molecule has 1 aliphatic carbocycles. The van der Waals surface area contributed by atoms with Gasteiger partial charge in [-0.05, 0) is 54.2 Å². The number of allylic oxidation sites excluding steroid dienone is 4. The minimum absolute atomic E-state index is 0.0807. The van der Waals surface area contributed by atoms with Crippen molar-refractivity contribution in [3.8, 4) is 11.8 Å². The first-order chi connectivity index (χ1) is 14.8. The summed E-state index contributed by atoms with van der Waals surface area (Å²) in [5.74, 6) is 0.551. The molecule has 4 rings (SSSR count). The maximum absolute atomic E-state index is 13.1. The lowest BCUT2D eigenvalue weighted by Crippen LogP contribution is -2.36. The molecule has 158 valence electrons. The van der Waals surface area contributed by atoms with E-state index in [0.29, 0.717) is 18.6 Å². The lowest BCUT2D eigenvalue weighted by atomic mass is 9.69. The molecule has 0 aromatic heterocycles. The van der Waals surface area contributed by atoms with Crippen LogP contribution in [0, 0.1) is 16.7 Å². The van der Waals surface area contributed by atoms with Crippen LogP contribution in [0.2, 0.25) is 0 Å². The third kappa shape index (κ3) is 4.45. The molecule has 0 amide bonds. The highest BCUT2D eigenvalue weighted by molar-refractivity contribution is 9.10. The van der Waals surface area contributed by atoms with Crippen molar-refractivity contribution in [3.05, 3.63) is 86.7 Å². The number of ether oxygens (including phenoxy) is 1. The largest absolute Gasteiger partial charge is 0.489 e. The predicted molar refractivity (Wildman–Crippen MR) is 124 cm³/mol. The predicted octanol–water partition coefficient (Wildman–Crippen LogP) is 6.16. The Hall–Kier alpha value is -2.84. The Balaban J connectivity index is 1.61. The number of ketones is 1. The van der Waals surface area contributed by atoms with Crippen LogP contribution in [-0.4, -0.2) is 5.78 Å². The van der Waals surface area contributed by atoms with Gasteiger partial charge in [0.05, 0.1) is 17.6 Å². The van der Waals surface area contributed by atoms with Crippen molar-refractivity contribution in [2.75, 3.05) is 0 Å². The second kappa shape index (κ2) is 8.36. The molecule has 31 heavy (non-hydrogen) atoms. The van der Waals surface area contributed by atoms with Crippen LogP contribution in [0.25, 0.3) is 0 Å². The molecule has 1 atom stereocenters. The van der Waals surface area contributed by atoms with E-state index >= 15 is 0 Å². The van der Waals surface area contributed by atoms with Gasteiger partial charge in [-0.2, -0.15) is 5.26 Å². The molecule has 0 spiro atoms. The summed E-state index contributed by atoms with van der Waals surface area (Å²) in [6.45, 7) is 6.62. The van der Waals surface area contributed by atoms with Crippen molar-refractivity contribution in [1.82, 2.24) is 5.32 Å². The monoisotopic (exact) mass is 476 g/mol. The summed E-state index contributed by atoms with van der Waals surface area (Å²) in [5.41, 5.74) is 5.07. The van der Waals surface area contributed by atoms with E-state index in [9.17, 15) is 10.1 Å². The molecular formula is C26H25BrN2O2. The zero-order valence-electron chi connectivity index (χ0n) is 18.0. The normalized spacial score (nSPS) is 20.1. The number of hydrogen-bond acceptors (Lipinski definition) is 4. The fourth-order valence-corrected chi connectivity index (χ4v) is 4.69. The molecule has 2 aliphatic rings. The molecule has 2 aromatic rings. The first-order valence-corrected chi connectivity index (χ1v) is 11.2. The van der Waals surface area contributed by atoms with Crippen molar-refractivity contribution < 1.29 is 9.53 Å². The van der Waals surface area contributed by atoms with Gasteiger partial charge in [-0.15, -0.1) is 0 Å². The molecule has 0 unspecified atom stereocenters. The van der Waals surface area contributed by atoms with Gasteiger partial charge in [0, 0.05) is 27.9 Å². The van der Waals surface area contributed by atoms with E-state index in [1.807, 2.05) is 55.5 Å². The van der Waals surface area contributed by atoms with E-state index in [2.05, 4.69) is 41.2 Å². The molecule has 0 radical (unpaired) electrons. The summed E-state index contributed by atoms with van der Waals surface area (Å²) in [5, 5.41) is 13.2. The second-order valence-electron chi connectivity index (χ2n) is 9.03. The summed E-state index contributed by atoms with van der Waals surface area (Å²) < 4.78 is 6.96. The van der Waals surface area contributed by atoms with Crippen molar-refractivity contribution in [3.63, 3.8) is 0 Å². The lowest BCUT2D eigenvalue weighted by molar-refractivity contribution is -0.118. The van der Waals surface area contributed by atoms with Gasteiger partial charge in [0.15, 0.2) is 5.78 Å². The highest BCUT2D eigenvalue weighted by Crippen LogP contribution is 2.46. The molecule has 1 heterocycles. The van der Waals surface area contributed by atoms with Crippen LogP contribution in [-0.2, 0) is 11.4 Å². The number of carbonyl (C=O) groups is 1. The highest BCUT2D eigenvalue weighted by atomic mass is 79.9. The Bertz CT molecular complexity index is 1120. The maximum Gasteiger partial charge on any atom is 0.162 e. The molecule has 2 aromatic carbocycles. The Morgan fingerprint density at radius 3 is 2.45 bits per heavy atom.